The van der Waals surface area contributed by atoms with Gasteiger partial charge < -0.3 is 40.2 Å². The van der Waals surface area contributed by atoms with Crippen molar-refractivity contribution in [3.05, 3.63) is 125 Å². The fourth-order valence-corrected chi connectivity index (χ4v) is 5.06. The molecule has 1 aliphatic rings. The van der Waals surface area contributed by atoms with Crippen molar-refractivity contribution in [2.75, 3.05) is 18.5 Å². The van der Waals surface area contributed by atoms with Crippen LogP contribution in [-0.4, -0.2) is 72.9 Å². The predicted molar refractivity (Wildman–Crippen MR) is 177 cm³/mol. The van der Waals surface area contributed by atoms with Crippen LogP contribution < -0.4 is 20.9 Å². The summed E-state index contributed by atoms with van der Waals surface area (Å²) in [5.41, 5.74) is 4.14. The van der Waals surface area contributed by atoms with Crippen molar-refractivity contribution in [2.24, 2.45) is 0 Å². The van der Waals surface area contributed by atoms with E-state index in [-0.39, 0.29) is 18.0 Å². The number of pyridine rings is 2. The molecule has 0 radical (unpaired) electrons. The molecular formula is C35H31N5O9. The second kappa shape index (κ2) is 14.9. The monoisotopic (exact) mass is 665 g/mol. The lowest BCUT2D eigenvalue weighted by Gasteiger charge is -2.26. The second-order valence-electron chi connectivity index (χ2n) is 10.9. The first-order valence-electron chi connectivity index (χ1n) is 14.9. The Morgan fingerprint density at radius 3 is 2.41 bits per heavy atom. The summed E-state index contributed by atoms with van der Waals surface area (Å²) in [6, 6.07) is 19.0. The van der Waals surface area contributed by atoms with Gasteiger partial charge >= 0.3 is 11.9 Å². The summed E-state index contributed by atoms with van der Waals surface area (Å²) in [5.74, 6) is -2.88. The number of aliphatic carboxylic acids is 2. The average Bonchev–Trinajstić information content (AvgIpc) is 3.07. The van der Waals surface area contributed by atoms with E-state index in [0.717, 1.165) is 32.4 Å². The van der Waals surface area contributed by atoms with E-state index in [1.165, 1.54) is 47.8 Å². The van der Waals surface area contributed by atoms with E-state index in [1.54, 1.807) is 24.3 Å². The lowest BCUT2D eigenvalue weighted by Crippen LogP contribution is -2.37. The summed E-state index contributed by atoms with van der Waals surface area (Å²) in [5, 5.41) is 33.3. The van der Waals surface area contributed by atoms with Crippen molar-refractivity contribution >= 4 is 29.4 Å². The zero-order valence-corrected chi connectivity index (χ0v) is 26.1. The Morgan fingerprint density at radius 2 is 1.63 bits per heavy atom. The molecule has 250 valence electrons. The number of benzene rings is 2. The van der Waals surface area contributed by atoms with Crippen LogP contribution in [0.5, 0.6) is 5.75 Å². The maximum absolute atomic E-state index is 13.0. The average molecular weight is 666 g/mol. The van der Waals surface area contributed by atoms with E-state index in [9.17, 15) is 29.1 Å². The van der Waals surface area contributed by atoms with E-state index in [1.807, 2.05) is 37.3 Å². The minimum atomic E-state index is -1.19. The smallest absolute Gasteiger partial charge is 0.323 e. The zero-order valence-electron chi connectivity index (χ0n) is 26.1. The summed E-state index contributed by atoms with van der Waals surface area (Å²) >= 11 is 0. The number of aliphatic hydroxyl groups is 1. The summed E-state index contributed by atoms with van der Waals surface area (Å²) in [6.45, 7) is 0.533. The highest BCUT2D eigenvalue weighted by Crippen LogP contribution is 2.32. The maximum Gasteiger partial charge on any atom is 0.323 e. The molecule has 2 aromatic carbocycles. The van der Waals surface area contributed by atoms with Gasteiger partial charge in [-0.25, -0.2) is 0 Å². The fourth-order valence-electron chi connectivity index (χ4n) is 5.06. The van der Waals surface area contributed by atoms with Crippen LogP contribution >= 0.6 is 0 Å². The van der Waals surface area contributed by atoms with Crippen LogP contribution in [0, 0.1) is 6.92 Å². The van der Waals surface area contributed by atoms with Gasteiger partial charge in [0.25, 0.3) is 17.4 Å². The lowest BCUT2D eigenvalue weighted by molar-refractivity contribution is -0.139. The number of amides is 2. The molecule has 5 rings (SSSR count). The molecule has 0 spiro atoms. The molecule has 0 saturated carbocycles. The van der Waals surface area contributed by atoms with Crippen molar-refractivity contribution in [1.82, 2.24) is 19.8 Å². The third-order valence-electron chi connectivity index (χ3n) is 7.38. The van der Waals surface area contributed by atoms with Crippen molar-refractivity contribution < 1.29 is 39.2 Å². The molecule has 4 aromatic rings. The Kier molecular flexibility index (Phi) is 10.3. The molecule has 2 amide bonds. The number of aromatic nitrogens is 2. The molecule has 0 bridgehead atoms. The third kappa shape index (κ3) is 8.64. The molecule has 1 unspecified atom stereocenters. The molecule has 49 heavy (non-hydrogen) atoms. The second-order valence-corrected chi connectivity index (χ2v) is 10.9. The number of anilines is 1. The number of nitrogens with zero attached hydrogens (tertiary/aromatic N) is 3. The Labute approximate surface area is 279 Å². The number of carboxylic acid groups (broad SMARTS) is 2. The first-order chi connectivity index (χ1) is 23.5. The summed E-state index contributed by atoms with van der Waals surface area (Å²) in [7, 11) is 0. The van der Waals surface area contributed by atoms with Crippen LogP contribution in [0.25, 0.3) is 22.3 Å². The molecule has 1 atom stereocenters. The fraction of sp³-hybridized carbons (Fsp3) is 0.143. The van der Waals surface area contributed by atoms with Gasteiger partial charge in [-0.2, -0.15) is 0 Å². The first kappa shape index (κ1) is 33.8. The van der Waals surface area contributed by atoms with E-state index in [4.69, 9.17) is 14.9 Å². The van der Waals surface area contributed by atoms with E-state index in [0.29, 0.717) is 11.4 Å². The molecular weight excluding hydrogens is 634 g/mol. The number of hydrogen-bond acceptors (Lipinski definition) is 9. The van der Waals surface area contributed by atoms with Gasteiger partial charge in [0, 0.05) is 24.7 Å². The molecule has 0 saturated heterocycles. The van der Waals surface area contributed by atoms with E-state index >= 15 is 0 Å². The van der Waals surface area contributed by atoms with Crippen LogP contribution in [-0.2, 0) is 20.9 Å². The van der Waals surface area contributed by atoms with E-state index < -0.39 is 48.6 Å². The van der Waals surface area contributed by atoms with Crippen LogP contribution in [0.1, 0.15) is 16.1 Å². The Bertz CT molecular complexity index is 2050. The van der Waals surface area contributed by atoms with Crippen molar-refractivity contribution in [3.8, 4) is 28.0 Å². The summed E-state index contributed by atoms with van der Waals surface area (Å²) < 4.78 is 6.79. The van der Waals surface area contributed by atoms with Gasteiger partial charge in [0.1, 0.15) is 30.8 Å². The Morgan fingerprint density at radius 1 is 0.898 bits per heavy atom. The number of aliphatic hydroxyl groups excluding tert-OH is 1. The highest BCUT2D eigenvalue weighted by Gasteiger charge is 2.19. The van der Waals surface area contributed by atoms with Gasteiger partial charge in [-0.05, 0) is 77.2 Å². The van der Waals surface area contributed by atoms with Gasteiger partial charge in [-0.3, -0.25) is 29.0 Å². The summed E-state index contributed by atoms with van der Waals surface area (Å²) in [6.07, 6.45) is 5.82. The minimum Gasteiger partial charge on any atom is -0.483 e. The lowest BCUT2D eigenvalue weighted by atomic mass is 9.96. The number of hydrogen-bond donors (Lipinski definition) is 5. The van der Waals surface area contributed by atoms with Gasteiger partial charge in [-0.1, -0.05) is 30.3 Å². The highest BCUT2D eigenvalue weighted by molar-refractivity contribution is 5.95. The standard InChI is InChI=1S/C35H31N5O9/c1-21-27(6-3-7-29(21)49-20-30(41)37-25-8-10-31(42)39(16-25)18-33(44)45)24-5-2-4-22(14-24)23-12-13-36-28(15-23)35(48)38-26-9-11-32(43)40(17-26)19-34(46)47/h2-17,32,43H,18-20H2,1H3,(H,37,41)(H,38,48)(H,44,45)(H,46,47). The van der Waals surface area contributed by atoms with Crippen LogP contribution in [0.15, 0.2) is 108 Å². The number of allylic oxidation sites excluding steroid dienone is 1. The molecule has 0 fully saturated rings. The third-order valence-corrected chi connectivity index (χ3v) is 7.38. The number of carbonyl (C=O) groups excluding carboxylic acids is 2. The van der Waals surface area contributed by atoms with Gasteiger partial charge in [-0.15, -0.1) is 0 Å². The van der Waals surface area contributed by atoms with Crippen molar-refractivity contribution in [3.63, 3.8) is 0 Å². The number of nitrogens with one attached hydrogen (secondary N) is 2. The number of carbonyl (C=O) groups is 4. The van der Waals surface area contributed by atoms with E-state index in [2.05, 4.69) is 15.6 Å². The predicted octanol–water partition coefficient (Wildman–Crippen LogP) is 2.83. The quantitative estimate of drug-likeness (QED) is 0.149. The normalized spacial score (nSPS) is 13.7. The maximum atomic E-state index is 13.0. The van der Waals surface area contributed by atoms with Crippen LogP contribution in [0.3, 0.4) is 0 Å². The summed E-state index contributed by atoms with van der Waals surface area (Å²) in [4.78, 5) is 64.9. The zero-order chi connectivity index (χ0) is 35.1. The number of rotatable bonds is 12. The molecule has 0 aliphatic carbocycles. The number of carboxylic acids is 2. The Balaban J connectivity index is 1.28. The first-order valence-corrected chi connectivity index (χ1v) is 14.9. The molecule has 14 heteroatoms. The van der Waals surface area contributed by atoms with Gasteiger partial charge in [0.2, 0.25) is 0 Å². The molecule has 1 aliphatic heterocycles. The van der Waals surface area contributed by atoms with Crippen LogP contribution in [0.4, 0.5) is 5.69 Å². The molecule has 3 heterocycles. The van der Waals surface area contributed by atoms with Gasteiger partial charge in [0.15, 0.2) is 6.61 Å². The minimum absolute atomic E-state index is 0.124. The number of ether oxygens (including phenoxy) is 1. The topological polar surface area (TPSA) is 200 Å². The van der Waals surface area contributed by atoms with Crippen molar-refractivity contribution in [2.45, 2.75) is 19.7 Å². The van der Waals surface area contributed by atoms with Gasteiger partial charge in [0.05, 0.1) is 11.4 Å². The highest BCUT2D eigenvalue weighted by atomic mass is 16.5. The molecule has 5 N–H and O–H groups in total. The molecule has 2 aromatic heterocycles. The van der Waals surface area contributed by atoms with Crippen molar-refractivity contribution in [1.29, 1.82) is 0 Å². The SMILES string of the molecule is Cc1c(OCC(=O)Nc2ccc(=O)n(CC(=O)O)c2)cccc1-c1cccc(-c2ccnc(C(=O)NC3=CN(CC(=O)O)C(O)C=C3)c2)c1. The largest absolute Gasteiger partial charge is 0.483 e. The Hall–Kier alpha value is -6.54. The van der Waals surface area contributed by atoms with Crippen LogP contribution in [0.2, 0.25) is 0 Å². The molecule has 14 nitrogen and oxygen atoms in total.